The van der Waals surface area contributed by atoms with Crippen LogP contribution in [-0.4, -0.2) is 10.2 Å². The summed E-state index contributed by atoms with van der Waals surface area (Å²) in [5.41, 5.74) is -2.73. The molecule has 3 rings (SSSR count). The van der Waals surface area contributed by atoms with Crippen LogP contribution < -0.4 is 0 Å². The minimum atomic E-state index is -1.82. The zero-order valence-electron chi connectivity index (χ0n) is 11.3. The van der Waals surface area contributed by atoms with Crippen molar-refractivity contribution in [3.05, 3.63) is 68.7 Å². The fraction of sp³-hybridized carbons (Fsp3) is 0.111. The molecule has 0 amide bonds. The summed E-state index contributed by atoms with van der Waals surface area (Å²) < 4.78 is 0. The van der Waals surface area contributed by atoms with Gasteiger partial charge in [0.05, 0.1) is 0 Å². The zero-order valence-corrected chi connectivity index (χ0v) is 12.8. The summed E-state index contributed by atoms with van der Waals surface area (Å²) in [5.74, 6) is 4.71. The summed E-state index contributed by atoms with van der Waals surface area (Å²) in [4.78, 5) is 0. The lowest BCUT2D eigenvalue weighted by molar-refractivity contribution is 0.0948. The average Bonchev–Trinajstić information content (AvgIpc) is 2.52. The van der Waals surface area contributed by atoms with Gasteiger partial charge in [0.15, 0.2) is 11.2 Å². The van der Waals surface area contributed by atoms with Crippen molar-refractivity contribution in [3.8, 4) is 24.7 Å². The summed E-state index contributed by atoms with van der Waals surface area (Å²) in [6, 6.07) is 9.57. The summed E-state index contributed by atoms with van der Waals surface area (Å²) in [7, 11) is 0. The molecule has 0 bridgehead atoms. The van der Waals surface area contributed by atoms with E-state index in [1.165, 1.54) is 0 Å². The lowest BCUT2D eigenvalue weighted by Crippen LogP contribution is -2.42. The molecule has 4 heteroatoms. The second-order valence-corrected chi connectivity index (χ2v) is 5.85. The van der Waals surface area contributed by atoms with Crippen LogP contribution >= 0.6 is 23.2 Å². The first-order chi connectivity index (χ1) is 10.4. The number of benzene rings is 2. The lowest BCUT2D eigenvalue weighted by atomic mass is 9.68. The maximum absolute atomic E-state index is 11.1. The quantitative estimate of drug-likeness (QED) is 0.730. The van der Waals surface area contributed by atoms with Crippen LogP contribution in [0.25, 0.3) is 0 Å². The second kappa shape index (κ2) is 4.78. The van der Waals surface area contributed by atoms with Gasteiger partial charge in [0.1, 0.15) is 0 Å². The predicted molar refractivity (Wildman–Crippen MR) is 86.6 cm³/mol. The van der Waals surface area contributed by atoms with Gasteiger partial charge in [-0.2, -0.15) is 0 Å². The molecular formula is C18H10Cl2O2. The Morgan fingerprint density at radius 2 is 1.14 bits per heavy atom. The third kappa shape index (κ3) is 1.67. The lowest BCUT2D eigenvalue weighted by Gasteiger charge is -2.40. The molecule has 2 unspecified atom stereocenters. The monoisotopic (exact) mass is 328 g/mol. The average molecular weight is 329 g/mol. The van der Waals surface area contributed by atoms with Crippen molar-refractivity contribution < 1.29 is 10.2 Å². The molecule has 0 radical (unpaired) electrons. The Balaban J connectivity index is 2.57. The molecule has 2 atom stereocenters. The number of hydrogen-bond donors (Lipinski definition) is 2. The molecule has 0 saturated heterocycles. The molecular weight excluding hydrogens is 319 g/mol. The van der Waals surface area contributed by atoms with Gasteiger partial charge in [0.25, 0.3) is 0 Å². The van der Waals surface area contributed by atoms with Crippen LogP contribution in [0, 0.1) is 24.7 Å². The van der Waals surface area contributed by atoms with E-state index in [0.29, 0.717) is 0 Å². The molecule has 0 fully saturated rings. The van der Waals surface area contributed by atoms with E-state index < -0.39 is 11.2 Å². The Morgan fingerprint density at radius 1 is 0.773 bits per heavy atom. The van der Waals surface area contributed by atoms with Crippen LogP contribution in [0.2, 0.25) is 10.0 Å². The fourth-order valence-corrected chi connectivity index (χ4v) is 3.58. The minimum absolute atomic E-state index is 0.203. The molecule has 2 aromatic rings. The molecule has 0 aromatic heterocycles. The molecule has 0 spiro atoms. The Bertz CT molecular complexity index is 802. The van der Waals surface area contributed by atoms with Gasteiger partial charge in [-0.15, -0.1) is 12.8 Å². The highest BCUT2D eigenvalue weighted by Gasteiger charge is 2.50. The van der Waals surface area contributed by atoms with Crippen LogP contribution in [0.1, 0.15) is 22.3 Å². The number of rotatable bonds is 0. The first kappa shape index (κ1) is 15.0. The number of aliphatic hydroxyl groups is 2. The van der Waals surface area contributed by atoms with E-state index in [9.17, 15) is 10.2 Å². The highest BCUT2D eigenvalue weighted by Crippen LogP contribution is 2.51. The minimum Gasteiger partial charge on any atom is -0.369 e. The van der Waals surface area contributed by atoms with Gasteiger partial charge in [-0.1, -0.05) is 59.3 Å². The van der Waals surface area contributed by atoms with Crippen LogP contribution in [0.3, 0.4) is 0 Å². The molecule has 0 aliphatic heterocycles. The maximum Gasteiger partial charge on any atom is 0.178 e. The van der Waals surface area contributed by atoms with Gasteiger partial charge < -0.3 is 10.2 Å². The van der Waals surface area contributed by atoms with Crippen LogP contribution in [0.15, 0.2) is 36.4 Å². The topological polar surface area (TPSA) is 40.5 Å². The van der Waals surface area contributed by atoms with Crippen molar-refractivity contribution in [2.75, 3.05) is 0 Å². The van der Waals surface area contributed by atoms with Gasteiger partial charge in [-0.05, 0) is 12.1 Å². The van der Waals surface area contributed by atoms with E-state index in [1.807, 2.05) is 0 Å². The van der Waals surface area contributed by atoms with Crippen molar-refractivity contribution in [1.82, 2.24) is 0 Å². The molecule has 2 aromatic carbocycles. The number of terminal acetylenes is 2. The Kier molecular flexibility index (Phi) is 3.25. The highest BCUT2D eigenvalue weighted by molar-refractivity contribution is 6.32. The largest absolute Gasteiger partial charge is 0.369 e. The third-order valence-corrected chi connectivity index (χ3v) is 4.58. The summed E-state index contributed by atoms with van der Waals surface area (Å²) in [5, 5.41) is 22.6. The molecule has 108 valence electrons. The van der Waals surface area contributed by atoms with E-state index >= 15 is 0 Å². The smallest absolute Gasteiger partial charge is 0.178 e. The Hall–Kier alpha value is -1.94. The second-order valence-electron chi connectivity index (χ2n) is 5.03. The summed E-state index contributed by atoms with van der Waals surface area (Å²) in [6.45, 7) is 0. The number of hydrogen-bond acceptors (Lipinski definition) is 2. The van der Waals surface area contributed by atoms with E-state index in [0.717, 1.165) is 0 Å². The molecule has 2 N–H and O–H groups in total. The normalized spacial score (nSPS) is 25.5. The number of halogens is 2. The molecule has 1 aliphatic rings. The number of fused-ring (bicyclic) bond motifs is 2. The highest BCUT2D eigenvalue weighted by atomic mass is 35.5. The standard InChI is InChI=1S/C18H10Cl2O2/c1-3-17(21)11-7-5-10-14(20)16(11)18(22,4-2)12-8-6-9-13(19)15(12)17/h1-2,5-10,21-22H. The maximum atomic E-state index is 11.1. The van der Waals surface area contributed by atoms with Gasteiger partial charge in [0.2, 0.25) is 0 Å². The van der Waals surface area contributed by atoms with Crippen molar-refractivity contribution in [2.45, 2.75) is 11.2 Å². The summed E-state index contributed by atoms with van der Waals surface area (Å²) in [6.07, 6.45) is 11.2. The first-order valence-electron chi connectivity index (χ1n) is 6.39. The van der Waals surface area contributed by atoms with Gasteiger partial charge >= 0.3 is 0 Å². The molecule has 0 heterocycles. The Morgan fingerprint density at radius 3 is 1.45 bits per heavy atom. The fourth-order valence-electron chi connectivity index (χ4n) is 2.96. The molecule has 2 nitrogen and oxygen atoms in total. The van der Waals surface area contributed by atoms with Gasteiger partial charge in [-0.3, -0.25) is 0 Å². The van der Waals surface area contributed by atoms with E-state index in [2.05, 4.69) is 11.8 Å². The van der Waals surface area contributed by atoms with E-state index in [4.69, 9.17) is 36.0 Å². The zero-order chi connectivity index (χ0) is 16.1. The molecule has 0 saturated carbocycles. The van der Waals surface area contributed by atoms with Crippen LogP contribution in [-0.2, 0) is 11.2 Å². The van der Waals surface area contributed by atoms with E-state index in [1.54, 1.807) is 36.4 Å². The van der Waals surface area contributed by atoms with Crippen molar-refractivity contribution in [1.29, 1.82) is 0 Å². The molecule has 1 aliphatic carbocycles. The van der Waals surface area contributed by atoms with Gasteiger partial charge in [-0.25, -0.2) is 0 Å². The van der Waals surface area contributed by atoms with Crippen molar-refractivity contribution in [3.63, 3.8) is 0 Å². The van der Waals surface area contributed by atoms with Gasteiger partial charge in [0, 0.05) is 32.3 Å². The predicted octanol–water partition coefficient (Wildman–Crippen LogP) is 3.05. The third-order valence-electron chi connectivity index (χ3n) is 3.95. The summed E-state index contributed by atoms with van der Waals surface area (Å²) >= 11 is 12.5. The van der Waals surface area contributed by atoms with Crippen LogP contribution in [0.5, 0.6) is 0 Å². The Labute approximate surface area is 138 Å². The van der Waals surface area contributed by atoms with Crippen molar-refractivity contribution >= 4 is 23.2 Å². The first-order valence-corrected chi connectivity index (χ1v) is 7.15. The van der Waals surface area contributed by atoms with Crippen molar-refractivity contribution in [2.24, 2.45) is 0 Å². The molecule has 22 heavy (non-hydrogen) atoms. The SMILES string of the molecule is C#CC1(O)c2cccc(Cl)c2C(O)(C#C)c2cccc(Cl)c21. The van der Waals surface area contributed by atoms with Crippen LogP contribution in [0.4, 0.5) is 0 Å². The van der Waals surface area contributed by atoms with E-state index in [-0.39, 0.29) is 32.3 Å².